The van der Waals surface area contributed by atoms with E-state index in [-0.39, 0.29) is 26.5 Å². The Bertz CT molecular complexity index is 576. The van der Waals surface area contributed by atoms with E-state index in [2.05, 4.69) is 4.72 Å². The molecule has 1 aliphatic carbocycles. The van der Waals surface area contributed by atoms with E-state index < -0.39 is 15.6 Å². The fourth-order valence-corrected chi connectivity index (χ4v) is 4.51. The van der Waals surface area contributed by atoms with Gasteiger partial charge < -0.3 is 5.11 Å². The summed E-state index contributed by atoms with van der Waals surface area (Å²) in [5.41, 5.74) is -0.960. The fourth-order valence-electron chi connectivity index (χ4n) is 1.85. The van der Waals surface area contributed by atoms with E-state index in [1.807, 2.05) is 0 Å². The van der Waals surface area contributed by atoms with Crippen molar-refractivity contribution in [2.45, 2.75) is 29.8 Å². The molecule has 4 nitrogen and oxygen atoms in total. The van der Waals surface area contributed by atoms with Gasteiger partial charge in [-0.3, -0.25) is 0 Å². The number of rotatable bonds is 4. The zero-order chi connectivity index (χ0) is 14.3. The minimum Gasteiger partial charge on any atom is -0.389 e. The van der Waals surface area contributed by atoms with E-state index in [1.54, 1.807) is 0 Å². The third kappa shape index (κ3) is 3.35. The molecule has 2 rings (SSSR count). The van der Waals surface area contributed by atoms with E-state index >= 15 is 0 Å². The van der Waals surface area contributed by atoms with Crippen molar-refractivity contribution in [2.75, 3.05) is 6.54 Å². The number of hydrogen-bond acceptors (Lipinski definition) is 3. The van der Waals surface area contributed by atoms with Gasteiger partial charge in [-0.15, -0.1) is 0 Å². The van der Waals surface area contributed by atoms with Gasteiger partial charge in [0.2, 0.25) is 10.0 Å². The Labute approximate surface area is 126 Å². The van der Waals surface area contributed by atoms with Gasteiger partial charge in [0.05, 0.1) is 15.6 Å². The zero-order valence-electron chi connectivity index (χ0n) is 9.79. The van der Waals surface area contributed by atoms with Gasteiger partial charge in [-0.05, 0) is 31.4 Å². The summed E-state index contributed by atoms with van der Waals surface area (Å²) in [5, 5.41) is 10.0. The first kappa shape index (κ1) is 15.4. The Balaban J connectivity index is 2.24. The number of hydrogen-bond donors (Lipinski definition) is 2. The first-order valence-corrected chi connectivity index (χ1v) is 8.22. The predicted octanol–water partition coefficient (Wildman–Crippen LogP) is 2.84. The van der Waals surface area contributed by atoms with Gasteiger partial charge in [0.1, 0.15) is 4.90 Å². The highest BCUT2D eigenvalue weighted by Crippen LogP contribution is 2.34. The van der Waals surface area contributed by atoms with Gasteiger partial charge in [-0.1, -0.05) is 34.8 Å². The van der Waals surface area contributed by atoms with Crippen molar-refractivity contribution in [2.24, 2.45) is 0 Å². The molecule has 0 radical (unpaired) electrons. The summed E-state index contributed by atoms with van der Waals surface area (Å²) in [7, 11) is -3.88. The molecule has 0 aromatic heterocycles. The molecule has 0 atom stereocenters. The molecule has 106 valence electrons. The van der Waals surface area contributed by atoms with Crippen LogP contribution in [0.15, 0.2) is 17.0 Å². The highest BCUT2D eigenvalue weighted by molar-refractivity contribution is 7.89. The minimum atomic E-state index is -3.88. The number of benzene rings is 1. The third-order valence-corrected chi connectivity index (χ3v) is 5.65. The second-order valence-electron chi connectivity index (χ2n) is 4.60. The summed E-state index contributed by atoms with van der Waals surface area (Å²) in [4.78, 5) is -0.219. The molecular weight excluding hydrogens is 333 g/mol. The summed E-state index contributed by atoms with van der Waals surface area (Å²) in [6.07, 6.45) is 2.05. The molecule has 2 N–H and O–H groups in total. The Morgan fingerprint density at radius 3 is 2.16 bits per heavy atom. The van der Waals surface area contributed by atoms with Crippen LogP contribution in [0.1, 0.15) is 19.3 Å². The van der Waals surface area contributed by atoms with Gasteiger partial charge in [-0.2, -0.15) is 0 Å². The molecule has 0 amide bonds. The topological polar surface area (TPSA) is 66.4 Å². The van der Waals surface area contributed by atoms with Crippen molar-refractivity contribution in [3.63, 3.8) is 0 Å². The molecule has 1 aromatic rings. The van der Waals surface area contributed by atoms with E-state index in [1.165, 1.54) is 12.1 Å². The zero-order valence-corrected chi connectivity index (χ0v) is 12.9. The number of halogens is 3. The van der Waals surface area contributed by atoms with Crippen LogP contribution < -0.4 is 4.72 Å². The lowest BCUT2D eigenvalue weighted by Gasteiger charge is -2.36. The maximum atomic E-state index is 12.1. The molecule has 19 heavy (non-hydrogen) atoms. The lowest BCUT2D eigenvalue weighted by Crippen LogP contribution is -2.47. The van der Waals surface area contributed by atoms with Gasteiger partial charge in [0.25, 0.3) is 0 Å². The summed E-state index contributed by atoms with van der Waals surface area (Å²) < 4.78 is 26.6. The smallest absolute Gasteiger partial charge is 0.243 e. The van der Waals surface area contributed by atoms with Gasteiger partial charge in [0.15, 0.2) is 0 Å². The SMILES string of the molecule is O=S(=O)(NCC1(O)CCC1)c1c(Cl)cc(Cl)cc1Cl. The average Bonchev–Trinajstić information content (AvgIpc) is 2.22. The first-order chi connectivity index (χ1) is 8.73. The van der Waals surface area contributed by atoms with E-state index in [0.29, 0.717) is 12.8 Å². The van der Waals surface area contributed by atoms with Gasteiger partial charge in [0, 0.05) is 11.6 Å². The average molecular weight is 345 g/mol. The quantitative estimate of drug-likeness (QED) is 0.882. The summed E-state index contributed by atoms with van der Waals surface area (Å²) >= 11 is 17.5. The Hall–Kier alpha value is -0.0400. The lowest BCUT2D eigenvalue weighted by molar-refractivity contribution is -0.0270. The van der Waals surface area contributed by atoms with E-state index in [9.17, 15) is 13.5 Å². The minimum absolute atomic E-state index is 0.0504. The molecular formula is C11H12Cl3NO3S. The fraction of sp³-hybridized carbons (Fsp3) is 0.455. The lowest BCUT2D eigenvalue weighted by atomic mass is 9.81. The number of nitrogens with one attached hydrogen (secondary N) is 1. The maximum absolute atomic E-state index is 12.1. The molecule has 1 aromatic carbocycles. The molecule has 0 unspecified atom stereocenters. The van der Waals surface area contributed by atoms with Crippen LogP contribution in [0, 0.1) is 0 Å². The van der Waals surface area contributed by atoms with Crippen molar-refractivity contribution in [1.29, 1.82) is 0 Å². The van der Waals surface area contributed by atoms with Crippen LogP contribution in [-0.4, -0.2) is 25.7 Å². The molecule has 1 saturated carbocycles. The monoisotopic (exact) mass is 343 g/mol. The molecule has 0 aliphatic heterocycles. The van der Waals surface area contributed by atoms with E-state index in [0.717, 1.165) is 6.42 Å². The van der Waals surface area contributed by atoms with Crippen molar-refractivity contribution >= 4 is 44.8 Å². The second-order valence-corrected chi connectivity index (χ2v) is 7.56. The molecule has 0 heterocycles. The van der Waals surface area contributed by atoms with Gasteiger partial charge >= 0.3 is 0 Å². The normalized spacial score (nSPS) is 18.1. The Kier molecular flexibility index (Phi) is 4.35. The highest BCUT2D eigenvalue weighted by atomic mass is 35.5. The Morgan fingerprint density at radius 2 is 1.74 bits per heavy atom. The van der Waals surface area contributed by atoms with Crippen LogP contribution in [0.5, 0.6) is 0 Å². The molecule has 0 spiro atoms. The predicted molar refractivity (Wildman–Crippen MR) is 75.5 cm³/mol. The number of sulfonamides is 1. The van der Waals surface area contributed by atoms with Crippen molar-refractivity contribution in [3.8, 4) is 0 Å². The van der Waals surface area contributed by atoms with Crippen molar-refractivity contribution in [3.05, 3.63) is 27.2 Å². The third-order valence-electron chi connectivity index (χ3n) is 3.11. The molecule has 1 fully saturated rings. The first-order valence-electron chi connectivity index (χ1n) is 5.60. The van der Waals surface area contributed by atoms with Crippen LogP contribution >= 0.6 is 34.8 Å². The van der Waals surface area contributed by atoms with Crippen molar-refractivity contribution in [1.82, 2.24) is 4.72 Å². The summed E-state index contributed by atoms with van der Waals surface area (Å²) in [5.74, 6) is 0. The van der Waals surface area contributed by atoms with Crippen LogP contribution in [0.3, 0.4) is 0 Å². The second kappa shape index (κ2) is 5.39. The standard InChI is InChI=1S/C11H12Cl3NO3S/c12-7-4-8(13)10(9(14)5-7)19(17,18)15-6-11(16)2-1-3-11/h4-5,15-16H,1-3,6H2. The molecule has 0 bridgehead atoms. The van der Waals surface area contributed by atoms with Gasteiger partial charge in [-0.25, -0.2) is 13.1 Å². The number of aliphatic hydroxyl groups is 1. The molecule has 0 saturated heterocycles. The van der Waals surface area contributed by atoms with Crippen LogP contribution in [0.25, 0.3) is 0 Å². The largest absolute Gasteiger partial charge is 0.389 e. The maximum Gasteiger partial charge on any atom is 0.243 e. The van der Waals surface area contributed by atoms with E-state index in [4.69, 9.17) is 34.8 Å². The van der Waals surface area contributed by atoms with Crippen LogP contribution in [-0.2, 0) is 10.0 Å². The van der Waals surface area contributed by atoms with Crippen molar-refractivity contribution < 1.29 is 13.5 Å². The highest BCUT2D eigenvalue weighted by Gasteiger charge is 2.36. The van der Waals surface area contributed by atoms with Crippen LogP contribution in [0.4, 0.5) is 0 Å². The summed E-state index contributed by atoms with van der Waals surface area (Å²) in [6, 6.07) is 2.61. The van der Waals surface area contributed by atoms with Crippen LogP contribution in [0.2, 0.25) is 15.1 Å². The molecule has 1 aliphatic rings. The molecule has 8 heteroatoms. The Morgan fingerprint density at radius 1 is 1.21 bits per heavy atom. The summed E-state index contributed by atoms with van der Waals surface area (Å²) in [6.45, 7) is -0.0510.